The normalized spacial score (nSPS) is 10.6. The van der Waals surface area contributed by atoms with Crippen LogP contribution in [0.15, 0.2) is 12.1 Å². The fourth-order valence-electron chi connectivity index (χ4n) is 1.60. The second kappa shape index (κ2) is 7.68. The van der Waals surface area contributed by atoms with Crippen molar-refractivity contribution < 1.29 is 23.1 Å². The summed E-state index contributed by atoms with van der Waals surface area (Å²) >= 11 is 0. The number of halogens is 2. The first-order chi connectivity index (χ1) is 9.85. The van der Waals surface area contributed by atoms with Crippen LogP contribution in [0.1, 0.15) is 30.6 Å². The number of hydrogen-bond donors (Lipinski definition) is 2. The molecule has 0 heterocycles. The molecule has 1 aromatic rings. The van der Waals surface area contributed by atoms with E-state index in [0.717, 1.165) is 13.2 Å². The molecule has 0 unspecified atom stereocenters. The number of methoxy groups -OCH3 is 1. The van der Waals surface area contributed by atoms with Gasteiger partial charge in [0.1, 0.15) is 11.6 Å². The standard InChI is InChI=1S/C14H18F2N2O3/c1-8(2)17-5-4-13(19)18-12-6-9(14(20)21-3)10(15)7-11(12)16/h6-8,17H,4-5H2,1-3H3,(H,18,19). The van der Waals surface area contributed by atoms with Crippen LogP contribution in [0.25, 0.3) is 0 Å². The second-order valence-electron chi connectivity index (χ2n) is 4.71. The third-order valence-electron chi connectivity index (χ3n) is 2.64. The summed E-state index contributed by atoms with van der Waals surface area (Å²) in [5.74, 6) is -3.38. The molecule has 0 saturated carbocycles. The minimum atomic E-state index is -1.04. The summed E-state index contributed by atoms with van der Waals surface area (Å²) in [6.07, 6.45) is 0.128. The van der Waals surface area contributed by atoms with Gasteiger partial charge in [-0.25, -0.2) is 13.6 Å². The van der Waals surface area contributed by atoms with Gasteiger partial charge >= 0.3 is 5.97 Å². The lowest BCUT2D eigenvalue weighted by Gasteiger charge is -2.10. The van der Waals surface area contributed by atoms with Crippen molar-refractivity contribution in [3.8, 4) is 0 Å². The molecule has 116 valence electrons. The molecule has 1 amide bonds. The number of nitrogens with one attached hydrogen (secondary N) is 2. The van der Waals surface area contributed by atoms with E-state index in [4.69, 9.17) is 0 Å². The molecule has 0 radical (unpaired) electrons. The van der Waals surface area contributed by atoms with Gasteiger partial charge in [-0.05, 0) is 6.07 Å². The van der Waals surface area contributed by atoms with Gasteiger partial charge < -0.3 is 15.4 Å². The molecule has 0 saturated heterocycles. The average Bonchev–Trinajstić information content (AvgIpc) is 2.40. The first-order valence-corrected chi connectivity index (χ1v) is 6.45. The van der Waals surface area contributed by atoms with Crippen LogP contribution in [0, 0.1) is 11.6 Å². The van der Waals surface area contributed by atoms with Crippen molar-refractivity contribution in [3.05, 3.63) is 29.3 Å². The van der Waals surface area contributed by atoms with E-state index in [1.165, 1.54) is 0 Å². The first kappa shape index (κ1) is 17.0. The molecule has 5 nitrogen and oxygen atoms in total. The number of ether oxygens (including phenoxy) is 1. The average molecular weight is 300 g/mol. The number of esters is 1. The van der Waals surface area contributed by atoms with E-state index in [2.05, 4.69) is 15.4 Å². The highest BCUT2D eigenvalue weighted by molar-refractivity contribution is 5.94. The topological polar surface area (TPSA) is 67.4 Å². The summed E-state index contributed by atoms with van der Waals surface area (Å²) in [5.41, 5.74) is -0.694. The Hall–Kier alpha value is -2.02. The number of carbonyl (C=O) groups is 2. The van der Waals surface area contributed by atoms with Crippen molar-refractivity contribution in [1.29, 1.82) is 0 Å². The van der Waals surface area contributed by atoms with Crippen LogP contribution in [0.2, 0.25) is 0 Å². The number of hydrogen-bond acceptors (Lipinski definition) is 4. The Labute approximate surface area is 121 Å². The first-order valence-electron chi connectivity index (χ1n) is 6.45. The van der Waals surface area contributed by atoms with Gasteiger partial charge in [-0.15, -0.1) is 0 Å². The summed E-state index contributed by atoms with van der Waals surface area (Å²) in [5, 5.41) is 5.34. The largest absolute Gasteiger partial charge is 0.465 e. The van der Waals surface area contributed by atoms with Crippen molar-refractivity contribution in [2.45, 2.75) is 26.3 Å². The summed E-state index contributed by atoms with van der Waals surface area (Å²) < 4.78 is 31.4. The highest BCUT2D eigenvalue weighted by atomic mass is 19.1. The Kier molecular flexibility index (Phi) is 6.23. The molecule has 7 heteroatoms. The minimum Gasteiger partial charge on any atom is -0.465 e. The van der Waals surface area contributed by atoms with Gasteiger partial charge in [0.15, 0.2) is 0 Å². The quantitative estimate of drug-likeness (QED) is 0.789. The van der Waals surface area contributed by atoms with E-state index in [1.807, 2.05) is 13.8 Å². The van der Waals surface area contributed by atoms with Crippen molar-refractivity contribution in [1.82, 2.24) is 5.32 Å². The zero-order chi connectivity index (χ0) is 16.0. The fourth-order valence-corrected chi connectivity index (χ4v) is 1.60. The highest BCUT2D eigenvalue weighted by Gasteiger charge is 2.17. The highest BCUT2D eigenvalue weighted by Crippen LogP contribution is 2.20. The van der Waals surface area contributed by atoms with Crippen LogP contribution < -0.4 is 10.6 Å². The maximum Gasteiger partial charge on any atom is 0.340 e. The second-order valence-corrected chi connectivity index (χ2v) is 4.71. The zero-order valence-electron chi connectivity index (χ0n) is 12.1. The molecule has 21 heavy (non-hydrogen) atoms. The molecule has 1 aromatic carbocycles. The number of rotatable bonds is 6. The van der Waals surface area contributed by atoms with Gasteiger partial charge in [-0.2, -0.15) is 0 Å². The van der Waals surface area contributed by atoms with Gasteiger partial charge in [0, 0.05) is 25.1 Å². The maximum atomic E-state index is 13.6. The molecule has 0 fully saturated rings. The maximum absolute atomic E-state index is 13.6. The Bertz CT molecular complexity index is 533. The molecule has 0 aliphatic rings. The molecule has 1 rings (SSSR count). The number of carbonyl (C=O) groups excluding carboxylic acids is 2. The third-order valence-corrected chi connectivity index (χ3v) is 2.64. The zero-order valence-corrected chi connectivity index (χ0v) is 12.1. The van der Waals surface area contributed by atoms with Gasteiger partial charge in [0.05, 0.1) is 18.4 Å². The summed E-state index contributed by atoms with van der Waals surface area (Å²) in [6, 6.07) is 1.68. The van der Waals surface area contributed by atoms with E-state index in [0.29, 0.717) is 12.6 Å². The Morgan fingerprint density at radius 2 is 1.90 bits per heavy atom. The van der Waals surface area contributed by atoms with E-state index in [9.17, 15) is 18.4 Å². The third kappa shape index (κ3) is 5.11. The predicted octanol–water partition coefficient (Wildman–Crippen LogP) is 2.08. The monoisotopic (exact) mass is 300 g/mol. The molecule has 0 atom stereocenters. The van der Waals surface area contributed by atoms with Crippen molar-refractivity contribution in [2.75, 3.05) is 19.0 Å². The van der Waals surface area contributed by atoms with Crippen LogP contribution in [-0.2, 0) is 9.53 Å². The smallest absolute Gasteiger partial charge is 0.340 e. The Morgan fingerprint density at radius 1 is 1.24 bits per heavy atom. The van der Waals surface area contributed by atoms with Crippen LogP contribution in [0.3, 0.4) is 0 Å². The van der Waals surface area contributed by atoms with E-state index >= 15 is 0 Å². The van der Waals surface area contributed by atoms with Crippen molar-refractivity contribution in [3.63, 3.8) is 0 Å². The van der Waals surface area contributed by atoms with Gasteiger partial charge in [0.2, 0.25) is 5.91 Å². The van der Waals surface area contributed by atoms with Crippen LogP contribution in [0.5, 0.6) is 0 Å². The van der Waals surface area contributed by atoms with E-state index < -0.39 is 29.1 Å². The lowest BCUT2D eigenvalue weighted by atomic mass is 10.1. The predicted molar refractivity (Wildman–Crippen MR) is 74.1 cm³/mol. The lowest BCUT2D eigenvalue weighted by molar-refractivity contribution is -0.116. The molecular weight excluding hydrogens is 282 g/mol. The Balaban J connectivity index is 2.78. The lowest BCUT2D eigenvalue weighted by Crippen LogP contribution is -2.27. The molecule has 0 aliphatic heterocycles. The SMILES string of the molecule is COC(=O)c1cc(NC(=O)CCNC(C)C)c(F)cc1F. The van der Waals surface area contributed by atoms with E-state index in [-0.39, 0.29) is 18.2 Å². The summed E-state index contributed by atoms with van der Waals surface area (Å²) in [7, 11) is 1.08. The molecule has 0 aliphatic carbocycles. The number of benzene rings is 1. The Morgan fingerprint density at radius 3 is 2.48 bits per heavy atom. The van der Waals surface area contributed by atoms with Crippen molar-refractivity contribution >= 4 is 17.6 Å². The summed E-state index contributed by atoms with van der Waals surface area (Å²) in [4.78, 5) is 23.0. The molecule has 0 spiro atoms. The van der Waals surface area contributed by atoms with Crippen LogP contribution >= 0.6 is 0 Å². The van der Waals surface area contributed by atoms with Gasteiger partial charge in [0.25, 0.3) is 0 Å². The molecular formula is C14H18F2N2O3. The van der Waals surface area contributed by atoms with Crippen LogP contribution in [-0.4, -0.2) is 31.6 Å². The van der Waals surface area contributed by atoms with Gasteiger partial charge in [-0.1, -0.05) is 13.8 Å². The van der Waals surface area contributed by atoms with Crippen molar-refractivity contribution in [2.24, 2.45) is 0 Å². The fraction of sp³-hybridized carbons (Fsp3) is 0.429. The number of amides is 1. The summed E-state index contributed by atoms with van der Waals surface area (Å²) in [6.45, 7) is 4.29. The molecule has 2 N–H and O–H groups in total. The molecule has 0 aromatic heterocycles. The minimum absolute atomic E-state index is 0.128. The van der Waals surface area contributed by atoms with Crippen LogP contribution in [0.4, 0.5) is 14.5 Å². The van der Waals surface area contributed by atoms with E-state index in [1.54, 1.807) is 0 Å². The number of anilines is 1. The van der Waals surface area contributed by atoms with Gasteiger partial charge in [-0.3, -0.25) is 4.79 Å². The molecule has 0 bridgehead atoms.